The van der Waals surface area contributed by atoms with Gasteiger partial charge in [0.1, 0.15) is 11.6 Å². The number of hydrogen-bond donors (Lipinski definition) is 1. The van der Waals surface area contributed by atoms with Crippen LogP contribution in [0.2, 0.25) is 0 Å². The van der Waals surface area contributed by atoms with E-state index in [0.29, 0.717) is 6.54 Å². The van der Waals surface area contributed by atoms with E-state index in [4.69, 9.17) is 4.74 Å². The number of nitrogens with zero attached hydrogens (tertiary/aromatic N) is 4. The van der Waals surface area contributed by atoms with Crippen molar-refractivity contribution < 1.29 is 9.53 Å². The van der Waals surface area contributed by atoms with Crippen LogP contribution in [0.4, 0.5) is 0 Å². The molecule has 8 heteroatoms. The fourth-order valence-corrected chi connectivity index (χ4v) is 5.25. The first-order chi connectivity index (χ1) is 16.5. The number of hydrogen-bond acceptors (Lipinski definition) is 6. The average Bonchev–Trinajstić information content (AvgIpc) is 3.50. The fraction of sp³-hybridized carbons (Fsp3) is 0.423. The predicted octanol–water partition coefficient (Wildman–Crippen LogP) is 4.25. The molecule has 180 valence electrons. The standard InChI is InChI=1S/C26H33N5O2S/c1-18-10-11-19(2)23(14-18)31-20(3)28-29-26(31)34-17-25(32)27-16-24(30-12-5-6-13-30)21-8-7-9-22(15-21)33-4/h7-11,14-15,24H,5-6,12-13,16-17H2,1-4H3,(H,27,32). The molecule has 0 spiro atoms. The molecule has 1 amide bonds. The van der Waals surface area contributed by atoms with Gasteiger partial charge < -0.3 is 10.1 Å². The van der Waals surface area contributed by atoms with Crippen molar-refractivity contribution in [3.05, 3.63) is 65.0 Å². The molecule has 7 nitrogen and oxygen atoms in total. The molecule has 1 atom stereocenters. The highest BCUT2D eigenvalue weighted by Gasteiger charge is 2.24. The van der Waals surface area contributed by atoms with Crippen molar-refractivity contribution in [2.75, 3.05) is 32.5 Å². The second-order valence-electron chi connectivity index (χ2n) is 8.78. The van der Waals surface area contributed by atoms with E-state index in [0.717, 1.165) is 41.1 Å². The SMILES string of the molecule is COc1cccc(C(CNC(=O)CSc2nnc(C)n2-c2cc(C)ccc2C)N2CCCC2)c1. The molecule has 1 fully saturated rings. The van der Waals surface area contributed by atoms with Crippen molar-refractivity contribution >= 4 is 17.7 Å². The average molecular weight is 480 g/mol. The zero-order chi connectivity index (χ0) is 24.1. The molecule has 1 saturated heterocycles. The molecule has 34 heavy (non-hydrogen) atoms. The summed E-state index contributed by atoms with van der Waals surface area (Å²) in [5.41, 5.74) is 4.54. The van der Waals surface area contributed by atoms with E-state index < -0.39 is 0 Å². The van der Waals surface area contributed by atoms with Gasteiger partial charge in [-0.25, -0.2) is 0 Å². The van der Waals surface area contributed by atoms with Gasteiger partial charge in [-0.05, 0) is 81.6 Å². The smallest absolute Gasteiger partial charge is 0.230 e. The maximum atomic E-state index is 12.8. The zero-order valence-corrected chi connectivity index (χ0v) is 21.2. The molecule has 2 heterocycles. The molecule has 1 unspecified atom stereocenters. The Balaban J connectivity index is 1.42. The van der Waals surface area contributed by atoms with E-state index >= 15 is 0 Å². The third kappa shape index (κ3) is 5.62. The number of nitrogens with one attached hydrogen (secondary N) is 1. The summed E-state index contributed by atoms with van der Waals surface area (Å²) in [6.45, 7) is 8.74. The molecule has 2 aromatic carbocycles. The maximum Gasteiger partial charge on any atom is 0.230 e. The summed E-state index contributed by atoms with van der Waals surface area (Å²) in [7, 11) is 1.68. The number of aromatic nitrogens is 3. The van der Waals surface area contributed by atoms with Crippen molar-refractivity contribution in [1.82, 2.24) is 25.0 Å². The molecule has 0 radical (unpaired) electrons. The summed E-state index contributed by atoms with van der Waals surface area (Å²) in [5.74, 6) is 1.92. The number of carbonyl (C=O) groups is 1. The molecule has 1 N–H and O–H groups in total. The number of ether oxygens (including phenoxy) is 1. The lowest BCUT2D eigenvalue weighted by Crippen LogP contribution is -2.37. The van der Waals surface area contributed by atoms with Crippen molar-refractivity contribution in [2.24, 2.45) is 0 Å². The second-order valence-corrected chi connectivity index (χ2v) is 9.73. The number of methoxy groups -OCH3 is 1. The van der Waals surface area contributed by atoms with Gasteiger partial charge in [-0.2, -0.15) is 0 Å². The lowest BCUT2D eigenvalue weighted by atomic mass is 10.0. The van der Waals surface area contributed by atoms with Crippen molar-refractivity contribution in [3.63, 3.8) is 0 Å². The van der Waals surface area contributed by atoms with E-state index in [2.05, 4.69) is 64.6 Å². The Kier molecular flexibility index (Phi) is 7.90. The largest absolute Gasteiger partial charge is 0.497 e. The number of rotatable bonds is 9. The Morgan fingerprint density at radius 2 is 1.91 bits per heavy atom. The van der Waals surface area contributed by atoms with Crippen LogP contribution in [-0.4, -0.2) is 58.1 Å². The summed E-state index contributed by atoms with van der Waals surface area (Å²) in [6.07, 6.45) is 2.38. The Morgan fingerprint density at radius 3 is 2.68 bits per heavy atom. The van der Waals surface area contributed by atoms with E-state index in [9.17, 15) is 4.79 Å². The van der Waals surface area contributed by atoms with Crippen LogP contribution < -0.4 is 10.1 Å². The van der Waals surface area contributed by atoms with Crippen LogP contribution in [0.3, 0.4) is 0 Å². The summed E-state index contributed by atoms with van der Waals surface area (Å²) in [5, 5.41) is 12.5. The number of benzene rings is 2. The number of thioether (sulfide) groups is 1. The minimum atomic E-state index is -0.00902. The van der Waals surface area contributed by atoms with Crippen molar-refractivity contribution in [2.45, 2.75) is 44.8 Å². The molecule has 0 bridgehead atoms. The first-order valence-electron chi connectivity index (χ1n) is 11.7. The first-order valence-corrected chi connectivity index (χ1v) is 12.7. The molecule has 4 rings (SSSR count). The lowest BCUT2D eigenvalue weighted by molar-refractivity contribution is -0.118. The van der Waals surface area contributed by atoms with Crippen LogP contribution >= 0.6 is 11.8 Å². The molecule has 3 aromatic rings. The Hall–Kier alpha value is -2.84. The summed E-state index contributed by atoms with van der Waals surface area (Å²) in [6, 6.07) is 14.6. The van der Waals surface area contributed by atoms with Gasteiger partial charge in [0.2, 0.25) is 5.91 Å². The molecular formula is C26H33N5O2S. The van der Waals surface area contributed by atoms with Crippen LogP contribution in [0.5, 0.6) is 5.75 Å². The van der Waals surface area contributed by atoms with Gasteiger partial charge in [0, 0.05) is 6.54 Å². The van der Waals surface area contributed by atoms with E-state index in [-0.39, 0.29) is 17.7 Å². The van der Waals surface area contributed by atoms with E-state index in [1.807, 2.05) is 23.6 Å². The number of likely N-dealkylation sites (tertiary alicyclic amines) is 1. The number of carbonyl (C=O) groups excluding carboxylic acids is 1. The second kappa shape index (κ2) is 11.1. The van der Waals surface area contributed by atoms with Crippen molar-refractivity contribution in [3.8, 4) is 11.4 Å². The van der Waals surface area contributed by atoms with Gasteiger partial charge >= 0.3 is 0 Å². The van der Waals surface area contributed by atoms with Gasteiger partial charge in [-0.3, -0.25) is 14.3 Å². The fourth-order valence-electron chi connectivity index (χ4n) is 4.43. The van der Waals surface area contributed by atoms with Crippen molar-refractivity contribution in [1.29, 1.82) is 0 Å². The highest BCUT2D eigenvalue weighted by atomic mass is 32.2. The third-order valence-corrected chi connectivity index (χ3v) is 7.21. The van der Waals surface area contributed by atoms with Gasteiger partial charge in [-0.1, -0.05) is 36.0 Å². The van der Waals surface area contributed by atoms with Gasteiger partial charge in [-0.15, -0.1) is 10.2 Å². The Labute approximate surface area is 205 Å². The Morgan fingerprint density at radius 1 is 1.12 bits per heavy atom. The molecule has 1 aromatic heterocycles. The topological polar surface area (TPSA) is 72.3 Å². The van der Waals surface area contributed by atoms with Crippen LogP contribution in [0.1, 0.15) is 41.4 Å². The highest BCUT2D eigenvalue weighted by molar-refractivity contribution is 7.99. The summed E-state index contributed by atoms with van der Waals surface area (Å²) in [4.78, 5) is 15.3. The molecule has 1 aliphatic heterocycles. The highest BCUT2D eigenvalue weighted by Crippen LogP contribution is 2.28. The third-order valence-electron chi connectivity index (χ3n) is 6.29. The molecule has 0 aliphatic carbocycles. The molecule has 0 saturated carbocycles. The van der Waals surface area contributed by atoms with E-state index in [1.165, 1.54) is 35.7 Å². The van der Waals surface area contributed by atoms with Gasteiger partial charge in [0.25, 0.3) is 0 Å². The summed E-state index contributed by atoms with van der Waals surface area (Å²) >= 11 is 1.41. The first kappa shape index (κ1) is 24.3. The predicted molar refractivity (Wildman–Crippen MR) is 136 cm³/mol. The van der Waals surface area contributed by atoms with Crippen LogP contribution in [0.25, 0.3) is 5.69 Å². The van der Waals surface area contributed by atoms with Gasteiger partial charge in [0.05, 0.1) is 24.6 Å². The maximum absolute atomic E-state index is 12.8. The summed E-state index contributed by atoms with van der Waals surface area (Å²) < 4.78 is 7.45. The number of amides is 1. The minimum absolute atomic E-state index is 0.00902. The van der Waals surface area contributed by atoms with Crippen LogP contribution in [0, 0.1) is 20.8 Å². The van der Waals surface area contributed by atoms with Gasteiger partial charge in [0.15, 0.2) is 5.16 Å². The minimum Gasteiger partial charge on any atom is -0.497 e. The van der Waals surface area contributed by atoms with Crippen LogP contribution in [-0.2, 0) is 4.79 Å². The molecule has 1 aliphatic rings. The normalized spacial score (nSPS) is 14.8. The Bertz CT molecular complexity index is 1140. The van der Waals surface area contributed by atoms with Crippen LogP contribution in [0.15, 0.2) is 47.6 Å². The quantitative estimate of drug-likeness (QED) is 0.463. The lowest BCUT2D eigenvalue weighted by Gasteiger charge is -2.28. The van der Waals surface area contributed by atoms with E-state index in [1.54, 1.807) is 7.11 Å². The monoisotopic (exact) mass is 479 g/mol. The molecular weight excluding hydrogens is 446 g/mol. The zero-order valence-electron chi connectivity index (χ0n) is 20.4. The number of aryl methyl sites for hydroxylation is 3.